The molecule has 0 atom stereocenters. The van der Waals surface area contributed by atoms with Gasteiger partial charge < -0.3 is 5.11 Å². The molecule has 1 heterocycles. The normalized spacial score (nSPS) is 12.0. The number of aromatic nitrogens is 2. The zero-order valence-corrected chi connectivity index (χ0v) is 11.7. The predicted octanol–water partition coefficient (Wildman–Crippen LogP) is 1.41. The molecule has 2 rings (SSSR count). The number of hydrogen-bond donors (Lipinski definition) is 1. The van der Waals surface area contributed by atoms with Crippen LogP contribution in [0.4, 0.5) is 5.69 Å². The lowest BCUT2D eigenvalue weighted by Gasteiger charge is -2.16. The number of nitrogens with zero attached hydrogens (tertiary/aromatic N) is 3. The van der Waals surface area contributed by atoms with Gasteiger partial charge in [0.05, 0.1) is 21.6 Å². The second kappa shape index (κ2) is 4.75. The zero-order chi connectivity index (χ0) is 15.1. The van der Waals surface area contributed by atoms with Crippen molar-refractivity contribution in [1.82, 2.24) is 9.13 Å². The molecule has 1 N–H and O–H groups in total. The molecule has 0 radical (unpaired) electrons. The molecule has 0 aliphatic heterocycles. The van der Waals surface area contributed by atoms with Gasteiger partial charge in [-0.1, -0.05) is 0 Å². The van der Waals surface area contributed by atoms with Crippen LogP contribution in [0.5, 0.6) is 0 Å². The third-order valence-corrected chi connectivity index (χ3v) is 3.29. The summed E-state index contributed by atoms with van der Waals surface area (Å²) < 4.78 is 2.91. The summed E-state index contributed by atoms with van der Waals surface area (Å²) in [4.78, 5) is 22.5. The van der Waals surface area contributed by atoms with Crippen LogP contribution in [0.15, 0.2) is 23.0 Å². The number of nitro benzene ring substituents is 1. The van der Waals surface area contributed by atoms with Crippen LogP contribution in [0.1, 0.15) is 20.3 Å². The minimum atomic E-state index is -0.873. The summed E-state index contributed by atoms with van der Waals surface area (Å²) >= 11 is 0. The Morgan fingerprint density at radius 3 is 2.55 bits per heavy atom. The molecule has 7 nitrogen and oxygen atoms in total. The van der Waals surface area contributed by atoms with E-state index in [1.807, 2.05) is 0 Å². The highest BCUT2D eigenvalue weighted by Gasteiger charge is 2.18. The molecule has 0 bridgehead atoms. The molecule has 0 fully saturated rings. The van der Waals surface area contributed by atoms with E-state index in [0.717, 1.165) is 0 Å². The SMILES string of the molecule is Cn1c(=O)n(CCC(C)(C)O)c2ccc([N+](=O)[O-])cc21. The van der Waals surface area contributed by atoms with Gasteiger partial charge in [0.15, 0.2) is 0 Å². The second-order valence-electron chi connectivity index (χ2n) is 5.49. The average Bonchev–Trinajstić information content (AvgIpc) is 2.58. The third-order valence-electron chi connectivity index (χ3n) is 3.29. The van der Waals surface area contributed by atoms with Crippen molar-refractivity contribution in [3.63, 3.8) is 0 Å². The van der Waals surface area contributed by atoms with Crippen molar-refractivity contribution >= 4 is 16.7 Å². The summed E-state index contributed by atoms with van der Waals surface area (Å²) in [6.07, 6.45) is 0.420. The number of hydrogen-bond acceptors (Lipinski definition) is 4. The summed E-state index contributed by atoms with van der Waals surface area (Å²) in [5, 5.41) is 20.5. The van der Waals surface area contributed by atoms with Gasteiger partial charge in [-0.15, -0.1) is 0 Å². The molecule has 0 spiro atoms. The predicted molar refractivity (Wildman–Crippen MR) is 74.7 cm³/mol. The highest BCUT2D eigenvalue weighted by atomic mass is 16.6. The molecule has 2 aromatic rings. The maximum atomic E-state index is 12.2. The number of fused-ring (bicyclic) bond motifs is 1. The number of aryl methyl sites for hydroxylation is 2. The molecule has 108 valence electrons. The number of imidazole rings is 1. The summed E-state index contributed by atoms with van der Waals surface area (Å²) in [6, 6.07) is 4.33. The van der Waals surface area contributed by atoms with E-state index >= 15 is 0 Å². The molecule has 1 aromatic carbocycles. The lowest BCUT2D eigenvalue weighted by molar-refractivity contribution is -0.384. The molecule has 0 aliphatic carbocycles. The number of rotatable bonds is 4. The molecule has 0 amide bonds. The Balaban J connectivity index is 2.54. The molecular weight excluding hydrogens is 262 g/mol. The van der Waals surface area contributed by atoms with Gasteiger partial charge in [-0.05, 0) is 26.3 Å². The van der Waals surface area contributed by atoms with E-state index in [4.69, 9.17) is 0 Å². The Hall–Kier alpha value is -2.15. The van der Waals surface area contributed by atoms with Crippen molar-refractivity contribution in [1.29, 1.82) is 0 Å². The van der Waals surface area contributed by atoms with Crippen molar-refractivity contribution in [3.05, 3.63) is 38.8 Å². The van der Waals surface area contributed by atoms with Gasteiger partial charge in [-0.2, -0.15) is 0 Å². The Bertz CT molecular complexity index is 722. The van der Waals surface area contributed by atoms with Crippen molar-refractivity contribution in [2.24, 2.45) is 7.05 Å². The Morgan fingerprint density at radius 1 is 1.35 bits per heavy atom. The largest absolute Gasteiger partial charge is 0.390 e. The molecule has 1 aromatic heterocycles. The van der Waals surface area contributed by atoms with E-state index in [9.17, 15) is 20.0 Å². The maximum absolute atomic E-state index is 12.2. The lowest BCUT2D eigenvalue weighted by Crippen LogP contribution is -2.27. The zero-order valence-electron chi connectivity index (χ0n) is 11.7. The Kier molecular flexibility index (Phi) is 3.39. The minimum Gasteiger partial charge on any atom is -0.390 e. The first-order chi connectivity index (χ1) is 9.20. The standard InChI is InChI=1S/C13H17N3O4/c1-13(2,18)6-7-15-10-5-4-9(16(19)20)8-11(10)14(3)12(15)17/h4-5,8,18H,6-7H2,1-3H3. The first kappa shape index (κ1) is 14.3. The van der Waals surface area contributed by atoms with Gasteiger partial charge in [-0.3, -0.25) is 19.2 Å². The van der Waals surface area contributed by atoms with Crippen LogP contribution in [0.3, 0.4) is 0 Å². The Morgan fingerprint density at radius 2 is 2.00 bits per heavy atom. The first-order valence-electron chi connectivity index (χ1n) is 6.27. The molecule has 0 saturated carbocycles. The van der Waals surface area contributed by atoms with Crippen LogP contribution in [-0.2, 0) is 13.6 Å². The van der Waals surface area contributed by atoms with Gasteiger partial charge in [0.25, 0.3) is 5.69 Å². The molecule has 0 unspecified atom stereocenters. The fourth-order valence-corrected chi connectivity index (χ4v) is 2.11. The van der Waals surface area contributed by atoms with Crippen LogP contribution in [-0.4, -0.2) is 24.8 Å². The van der Waals surface area contributed by atoms with Crippen LogP contribution in [0.2, 0.25) is 0 Å². The van der Waals surface area contributed by atoms with Crippen molar-refractivity contribution < 1.29 is 10.0 Å². The molecule has 7 heteroatoms. The van der Waals surface area contributed by atoms with E-state index in [1.54, 1.807) is 27.0 Å². The third kappa shape index (κ3) is 2.57. The first-order valence-corrected chi connectivity index (χ1v) is 6.27. The lowest BCUT2D eigenvalue weighted by atomic mass is 10.1. The van der Waals surface area contributed by atoms with Crippen molar-refractivity contribution in [3.8, 4) is 0 Å². The van der Waals surface area contributed by atoms with E-state index in [0.29, 0.717) is 24.0 Å². The Labute approximate surface area is 115 Å². The number of aliphatic hydroxyl groups is 1. The van der Waals surface area contributed by atoms with Gasteiger partial charge in [0.2, 0.25) is 0 Å². The van der Waals surface area contributed by atoms with Crippen LogP contribution < -0.4 is 5.69 Å². The molecule has 0 saturated heterocycles. The smallest absolute Gasteiger partial charge is 0.328 e. The topological polar surface area (TPSA) is 90.3 Å². The van der Waals surface area contributed by atoms with Gasteiger partial charge in [0, 0.05) is 25.7 Å². The number of nitro groups is 1. The summed E-state index contributed by atoms with van der Waals surface area (Å²) in [6.45, 7) is 3.71. The number of non-ortho nitro benzene ring substituents is 1. The van der Waals surface area contributed by atoms with Gasteiger partial charge >= 0.3 is 5.69 Å². The molecule has 0 aliphatic rings. The molecule has 20 heavy (non-hydrogen) atoms. The van der Waals surface area contributed by atoms with Crippen LogP contribution in [0.25, 0.3) is 11.0 Å². The highest BCUT2D eigenvalue weighted by molar-refractivity contribution is 5.78. The van der Waals surface area contributed by atoms with E-state index in [-0.39, 0.29) is 11.4 Å². The van der Waals surface area contributed by atoms with Crippen molar-refractivity contribution in [2.75, 3.05) is 0 Å². The maximum Gasteiger partial charge on any atom is 0.328 e. The van der Waals surface area contributed by atoms with E-state index < -0.39 is 10.5 Å². The monoisotopic (exact) mass is 279 g/mol. The summed E-state index contributed by atoms with van der Waals surface area (Å²) in [7, 11) is 1.58. The average molecular weight is 279 g/mol. The van der Waals surface area contributed by atoms with Crippen LogP contribution >= 0.6 is 0 Å². The fraction of sp³-hybridized carbons (Fsp3) is 0.462. The van der Waals surface area contributed by atoms with Crippen LogP contribution in [0, 0.1) is 10.1 Å². The highest BCUT2D eigenvalue weighted by Crippen LogP contribution is 2.20. The number of benzene rings is 1. The van der Waals surface area contributed by atoms with E-state index in [2.05, 4.69) is 0 Å². The second-order valence-corrected chi connectivity index (χ2v) is 5.49. The molecular formula is C13H17N3O4. The summed E-state index contributed by atoms with van der Waals surface area (Å²) in [5.74, 6) is 0. The van der Waals surface area contributed by atoms with Crippen molar-refractivity contribution in [2.45, 2.75) is 32.4 Å². The minimum absolute atomic E-state index is 0.0484. The van der Waals surface area contributed by atoms with E-state index in [1.165, 1.54) is 21.3 Å². The van der Waals surface area contributed by atoms with Gasteiger partial charge in [0.1, 0.15) is 0 Å². The van der Waals surface area contributed by atoms with Gasteiger partial charge in [-0.25, -0.2) is 4.79 Å². The summed E-state index contributed by atoms with van der Waals surface area (Å²) in [5.41, 5.74) is -0.0210. The fourth-order valence-electron chi connectivity index (χ4n) is 2.11. The quantitative estimate of drug-likeness (QED) is 0.676.